The van der Waals surface area contributed by atoms with Gasteiger partial charge < -0.3 is 10.1 Å². The van der Waals surface area contributed by atoms with Crippen molar-refractivity contribution in [2.75, 3.05) is 12.4 Å². The summed E-state index contributed by atoms with van der Waals surface area (Å²) in [5.74, 6) is 1.59. The van der Waals surface area contributed by atoms with E-state index in [2.05, 4.69) is 17.2 Å². The van der Waals surface area contributed by atoms with Gasteiger partial charge in [0.05, 0.1) is 12.8 Å². The largest absolute Gasteiger partial charge is 0.497 e. The van der Waals surface area contributed by atoms with E-state index in [9.17, 15) is 4.79 Å². The third-order valence-electron chi connectivity index (χ3n) is 3.57. The fourth-order valence-corrected chi connectivity index (χ4v) is 2.83. The number of nitrogens with zero attached hydrogens (tertiary/aromatic N) is 1. The van der Waals surface area contributed by atoms with Gasteiger partial charge >= 0.3 is 0 Å². The summed E-state index contributed by atoms with van der Waals surface area (Å²) in [7, 11) is 1.64. The molecular weight excluding hydrogens is 272 g/mol. The minimum atomic E-state index is 0.0909. The molecule has 1 aliphatic carbocycles. The Morgan fingerprint density at radius 3 is 2.70 bits per heavy atom. The number of carbonyl (C=O) groups excluding carboxylic acids is 1. The standard InChI is InChI=1S/C15H16N2O2S/c1-9-7-12(9)14(18)17-15-16-13(8-20-15)10-3-5-11(19-2)6-4-10/h3-6,8-9,12H,7H2,1-2H3,(H,16,17,18)/t9-,12+/m0/s1. The Bertz CT molecular complexity index is 621. The molecule has 20 heavy (non-hydrogen) atoms. The highest BCUT2D eigenvalue weighted by molar-refractivity contribution is 7.14. The van der Waals surface area contributed by atoms with Crippen LogP contribution < -0.4 is 10.1 Å². The number of methoxy groups -OCH3 is 1. The van der Waals surface area contributed by atoms with Gasteiger partial charge in [-0.2, -0.15) is 0 Å². The van der Waals surface area contributed by atoms with Crippen LogP contribution in [0.5, 0.6) is 5.75 Å². The van der Waals surface area contributed by atoms with Crippen molar-refractivity contribution in [3.05, 3.63) is 29.6 Å². The molecule has 1 aliphatic rings. The van der Waals surface area contributed by atoms with Crippen molar-refractivity contribution in [2.24, 2.45) is 11.8 Å². The number of thiazole rings is 1. The highest BCUT2D eigenvalue weighted by Gasteiger charge is 2.39. The molecule has 1 aromatic heterocycles. The highest BCUT2D eigenvalue weighted by Crippen LogP contribution is 2.38. The fraction of sp³-hybridized carbons (Fsp3) is 0.333. The Morgan fingerprint density at radius 1 is 1.40 bits per heavy atom. The first-order valence-corrected chi connectivity index (χ1v) is 7.46. The zero-order chi connectivity index (χ0) is 14.1. The second-order valence-corrected chi connectivity index (χ2v) is 5.93. The van der Waals surface area contributed by atoms with E-state index < -0.39 is 0 Å². The van der Waals surface area contributed by atoms with Gasteiger partial charge in [-0.25, -0.2) is 4.98 Å². The molecule has 1 saturated carbocycles. The predicted octanol–water partition coefficient (Wildman–Crippen LogP) is 3.41. The molecule has 5 heteroatoms. The van der Waals surface area contributed by atoms with Crippen LogP contribution in [0.3, 0.4) is 0 Å². The van der Waals surface area contributed by atoms with Gasteiger partial charge in [0.2, 0.25) is 5.91 Å². The lowest BCUT2D eigenvalue weighted by atomic mass is 10.2. The van der Waals surface area contributed by atoms with E-state index in [1.807, 2.05) is 29.6 Å². The zero-order valence-electron chi connectivity index (χ0n) is 11.4. The summed E-state index contributed by atoms with van der Waals surface area (Å²) in [6, 6.07) is 7.72. The maximum absolute atomic E-state index is 11.9. The van der Waals surface area contributed by atoms with Crippen molar-refractivity contribution in [3.8, 4) is 17.0 Å². The van der Waals surface area contributed by atoms with E-state index in [-0.39, 0.29) is 11.8 Å². The van der Waals surface area contributed by atoms with Crippen LogP contribution in [-0.4, -0.2) is 18.0 Å². The molecule has 0 saturated heterocycles. The number of hydrogen-bond acceptors (Lipinski definition) is 4. The van der Waals surface area contributed by atoms with E-state index in [1.54, 1.807) is 7.11 Å². The number of hydrogen-bond donors (Lipinski definition) is 1. The van der Waals surface area contributed by atoms with Crippen LogP contribution in [0.25, 0.3) is 11.3 Å². The van der Waals surface area contributed by atoms with E-state index in [4.69, 9.17) is 4.74 Å². The lowest BCUT2D eigenvalue weighted by molar-refractivity contribution is -0.117. The Morgan fingerprint density at radius 2 is 2.10 bits per heavy atom. The Balaban J connectivity index is 1.70. The molecule has 0 bridgehead atoms. The first kappa shape index (κ1) is 13.1. The van der Waals surface area contributed by atoms with Crippen molar-refractivity contribution >= 4 is 22.4 Å². The van der Waals surface area contributed by atoms with Crippen LogP contribution in [0, 0.1) is 11.8 Å². The number of amides is 1. The molecule has 1 aromatic carbocycles. The van der Waals surface area contributed by atoms with E-state index in [1.165, 1.54) is 11.3 Å². The van der Waals surface area contributed by atoms with Crippen molar-refractivity contribution in [3.63, 3.8) is 0 Å². The van der Waals surface area contributed by atoms with Gasteiger partial charge in [-0.05, 0) is 36.6 Å². The van der Waals surface area contributed by atoms with Gasteiger partial charge in [0, 0.05) is 16.9 Å². The van der Waals surface area contributed by atoms with E-state index in [0.717, 1.165) is 23.4 Å². The summed E-state index contributed by atoms with van der Waals surface area (Å²) in [5, 5.41) is 5.51. The molecule has 0 aliphatic heterocycles. The van der Waals surface area contributed by atoms with Crippen LogP contribution in [0.4, 0.5) is 5.13 Å². The summed E-state index contributed by atoms with van der Waals surface area (Å²) < 4.78 is 5.13. The van der Waals surface area contributed by atoms with Gasteiger partial charge in [-0.3, -0.25) is 4.79 Å². The van der Waals surface area contributed by atoms with Gasteiger partial charge in [0.1, 0.15) is 5.75 Å². The Hall–Kier alpha value is -1.88. The lowest BCUT2D eigenvalue weighted by Gasteiger charge is -2.01. The van der Waals surface area contributed by atoms with Crippen LogP contribution in [0.2, 0.25) is 0 Å². The number of nitrogens with one attached hydrogen (secondary N) is 1. The first-order valence-electron chi connectivity index (χ1n) is 6.58. The maximum atomic E-state index is 11.9. The Kier molecular flexibility index (Phi) is 3.44. The molecule has 0 spiro atoms. The van der Waals surface area contributed by atoms with Crippen LogP contribution >= 0.6 is 11.3 Å². The van der Waals surface area contributed by atoms with Crippen molar-refractivity contribution in [2.45, 2.75) is 13.3 Å². The molecule has 1 heterocycles. The summed E-state index contributed by atoms with van der Waals surface area (Å²) in [6.45, 7) is 2.09. The van der Waals surface area contributed by atoms with Gasteiger partial charge in [0.15, 0.2) is 5.13 Å². The molecule has 0 radical (unpaired) electrons. The zero-order valence-corrected chi connectivity index (χ0v) is 12.2. The highest BCUT2D eigenvalue weighted by atomic mass is 32.1. The molecule has 4 nitrogen and oxygen atoms in total. The summed E-state index contributed by atoms with van der Waals surface area (Å²) in [5.41, 5.74) is 1.89. The number of ether oxygens (including phenoxy) is 1. The third kappa shape index (κ3) is 2.67. The average Bonchev–Trinajstić information content (AvgIpc) is 3.02. The average molecular weight is 288 g/mol. The van der Waals surface area contributed by atoms with E-state index in [0.29, 0.717) is 11.0 Å². The molecule has 1 fully saturated rings. The number of aromatic nitrogens is 1. The van der Waals surface area contributed by atoms with Gasteiger partial charge in [-0.15, -0.1) is 11.3 Å². The van der Waals surface area contributed by atoms with Crippen molar-refractivity contribution < 1.29 is 9.53 Å². The minimum absolute atomic E-state index is 0.0909. The molecule has 0 unspecified atom stereocenters. The third-order valence-corrected chi connectivity index (χ3v) is 4.32. The quantitative estimate of drug-likeness (QED) is 0.938. The van der Waals surface area contributed by atoms with Crippen molar-refractivity contribution in [1.29, 1.82) is 0 Å². The van der Waals surface area contributed by atoms with Crippen LogP contribution in [0.1, 0.15) is 13.3 Å². The van der Waals surface area contributed by atoms with Crippen LogP contribution in [0.15, 0.2) is 29.6 Å². The summed E-state index contributed by atoms with van der Waals surface area (Å²) in [4.78, 5) is 16.3. The summed E-state index contributed by atoms with van der Waals surface area (Å²) in [6.07, 6.45) is 0.989. The summed E-state index contributed by atoms with van der Waals surface area (Å²) >= 11 is 1.45. The molecule has 2 aromatic rings. The maximum Gasteiger partial charge on any atom is 0.229 e. The predicted molar refractivity (Wildman–Crippen MR) is 80.0 cm³/mol. The molecule has 1 N–H and O–H groups in total. The second kappa shape index (κ2) is 5.25. The minimum Gasteiger partial charge on any atom is -0.497 e. The number of carbonyl (C=O) groups is 1. The SMILES string of the molecule is COc1ccc(-c2csc(NC(=O)[C@@H]3C[C@@H]3C)n2)cc1. The monoisotopic (exact) mass is 288 g/mol. The smallest absolute Gasteiger partial charge is 0.229 e. The van der Waals surface area contributed by atoms with Gasteiger partial charge in [-0.1, -0.05) is 6.92 Å². The molecule has 2 atom stereocenters. The topological polar surface area (TPSA) is 51.2 Å². The van der Waals surface area contributed by atoms with Crippen molar-refractivity contribution in [1.82, 2.24) is 4.98 Å². The Labute approximate surface area is 121 Å². The molecular formula is C15H16N2O2S. The number of rotatable bonds is 4. The normalized spacial score (nSPS) is 20.5. The molecule has 104 valence electrons. The molecule has 3 rings (SSSR count). The molecule has 1 amide bonds. The fourth-order valence-electron chi connectivity index (χ4n) is 2.11. The first-order chi connectivity index (χ1) is 9.67. The lowest BCUT2D eigenvalue weighted by Crippen LogP contribution is -2.14. The second-order valence-electron chi connectivity index (χ2n) is 5.08. The van der Waals surface area contributed by atoms with Crippen LogP contribution in [-0.2, 0) is 4.79 Å². The number of anilines is 1. The number of benzene rings is 1. The van der Waals surface area contributed by atoms with Gasteiger partial charge in [0.25, 0.3) is 0 Å². The van der Waals surface area contributed by atoms with E-state index >= 15 is 0 Å².